The molecule has 2 aromatic carbocycles. The molecule has 0 amide bonds. The van der Waals surface area contributed by atoms with Gasteiger partial charge in [-0.05, 0) is 28.8 Å². The van der Waals surface area contributed by atoms with Crippen molar-refractivity contribution in [3.8, 4) is 0 Å². The van der Waals surface area contributed by atoms with Crippen molar-refractivity contribution in [3.05, 3.63) is 54.1 Å². The Balaban J connectivity index is 2.56. The molecule has 3 heteroatoms. The summed E-state index contributed by atoms with van der Waals surface area (Å²) in [5, 5.41) is 2.24. The first-order valence-electron chi connectivity index (χ1n) is 5.21. The Morgan fingerprint density at radius 1 is 1.18 bits per heavy atom. The summed E-state index contributed by atoms with van der Waals surface area (Å²) in [6.07, 6.45) is 1.38. The summed E-state index contributed by atoms with van der Waals surface area (Å²) < 4.78 is 4.11. The number of carbonyl (C=O) groups excluding carboxylic acids is 1. The molecule has 86 valence electrons. The summed E-state index contributed by atoms with van der Waals surface area (Å²) >= 11 is 5.01. The topological polar surface area (TPSA) is 26.3 Å². The summed E-state index contributed by atoms with van der Waals surface area (Å²) in [6.45, 7) is 1.86. The number of rotatable bonds is 2. The van der Waals surface area contributed by atoms with Crippen molar-refractivity contribution in [2.24, 2.45) is 0 Å². The number of carbonyl (C=O) groups is 1. The zero-order valence-corrected chi connectivity index (χ0v) is 10.1. The van der Waals surface area contributed by atoms with Gasteiger partial charge in [-0.15, -0.1) is 0 Å². The summed E-state index contributed by atoms with van der Waals surface area (Å²) in [5.74, 6) is -0.558. The second-order valence-corrected chi connectivity index (χ2v) is 3.90. The minimum absolute atomic E-state index is 0.558. The highest BCUT2D eigenvalue weighted by molar-refractivity contribution is 6.15. The van der Waals surface area contributed by atoms with Crippen LogP contribution in [0.5, 0.6) is 0 Å². The van der Waals surface area contributed by atoms with Crippen molar-refractivity contribution in [3.63, 3.8) is 0 Å². The summed E-state index contributed by atoms with van der Waals surface area (Å²) in [4.78, 5) is 11.1. The predicted molar refractivity (Wildman–Crippen MR) is 69.5 cm³/mol. The van der Waals surface area contributed by atoms with E-state index in [1.54, 1.807) is 0 Å². The van der Waals surface area contributed by atoms with Gasteiger partial charge in [0.15, 0.2) is 0 Å². The third-order valence-electron chi connectivity index (χ3n) is 2.62. The lowest BCUT2D eigenvalue weighted by Crippen LogP contribution is -1.92. The van der Waals surface area contributed by atoms with Crippen LogP contribution in [0.2, 0.25) is 0 Å². The minimum Gasteiger partial charge on any atom is -0.344 e. The molecular formula is C14H11ClO2. The third-order valence-corrected chi connectivity index (χ3v) is 2.78. The van der Waals surface area contributed by atoms with E-state index in [1.165, 1.54) is 6.08 Å². The molecule has 0 bridgehead atoms. The Morgan fingerprint density at radius 2 is 1.88 bits per heavy atom. The number of fused-ring (bicyclic) bond motifs is 1. The second kappa shape index (κ2) is 5.02. The molecule has 0 N–H and O–H groups in total. The van der Waals surface area contributed by atoms with Crippen LogP contribution in [0.4, 0.5) is 0 Å². The molecule has 0 unspecified atom stereocenters. The van der Waals surface area contributed by atoms with Gasteiger partial charge in [0, 0.05) is 6.08 Å². The molecule has 0 saturated heterocycles. The van der Waals surface area contributed by atoms with E-state index < -0.39 is 5.97 Å². The molecule has 0 aliphatic carbocycles. The van der Waals surface area contributed by atoms with Crippen LogP contribution in [0, 0.1) is 0 Å². The zero-order chi connectivity index (χ0) is 12.3. The van der Waals surface area contributed by atoms with Crippen LogP contribution in [-0.2, 0) is 9.08 Å². The number of benzene rings is 2. The Labute approximate surface area is 105 Å². The first-order chi connectivity index (χ1) is 8.22. The zero-order valence-electron chi connectivity index (χ0n) is 9.31. The van der Waals surface area contributed by atoms with Crippen LogP contribution in [-0.4, -0.2) is 5.97 Å². The van der Waals surface area contributed by atoms with Gasteiger partial charge in [-0.3, -0.25) is 0 Å². The molecule has 0 radical (unpaired) electrons. The van der Waals surface area contributed by atoms with E-state index in [0.29, 0.717) is 0 Å². The van der Waals surface area contributed by atoms with E-state index in [0.717, 1.165) is 21.9 Å². The maximum absolute atomic E-state index is 11.1. The lowest BCUT2D eigenvalue weighted by molar-refractivity contribution is -0.128. The predicted octanol–water partition coefficient (Wildman–Crippen LogP) is 3.94. The molecule has 0 atom stereocenters. The van der Waals surface area contributed by atoms with Crippen LogP contribution in [0.15, 0.2) is 48.5 Å². The molecule has 0 aliphatic heterocycles. The lowest BCUT2D eigenvalue weighted by atomic mass is 9.99. The maximum atomic E-state index is 11.1. The van der Waals surface area contributed by atoms with Crippen LogP contribution < -0.4 is 0 Å². The minimum atomic E-state index is -0.558. The van der Waals surface area contributed by atoms with E-state index in [1.807, 2.05) is 49.4 Å². The van der Waals surface area contributed by atoms with Gasteiger partial charge in [0.25, 0.3) is 0 Å². The van der Waals surface area contributed by atoms with Gasteiger partial charge in [-0.25, -0.2) is 4.79 Å². The largest absolute Gasteiger partial charge is 0.349 e. The van der Waals surface area contributed by atoms with Gasteiger partial charge < -0.3 is 4.29 Å². The van der Waals surface area contributed by atoms with Gasteiger partial charge in [0.05, 0.1) is 0 Å². The van der Waals surface area contributed by atoms with E-state index in [4.69, 9.17) is 11.9 Å². The average Bonchev–Trinajstić information content (AvgIpc) is 2.37. The molecule has 2 rings (SSSR count). The van der Waals surface area contributed by atoms with Crippen molar-refractivity contribution in [2.45, 2.75) is 6.92 Å². The highest BCUT2D eigenvalue weighted by Crippen LogP contribution is 2.24. The van der Waals surface area contributed by atoms with Crippen LogP contribution >= 0.6 is 11.9 Å². The molecule has 2 nitrogen and oxygen atoms in total. The first kappa shape index (κ1) is 11.7. The van der Waals surface area contributed by atoms with Gasteiger partial charge in [-0.2, -0.15) is 0 Å². The van der Waals surface area contributed by atoms with Crippen molar-refractivity contribution in [1.82, 2.24) is 0 Å². The van der Waals surface area contributed by atoms with Crippen molar-refractivity contribution < 1.29 is 9.08 Å². The quantitative estimate of drug-likeness (QED) is 0.751. The first-order valence-corrected chi connectivity index (χ1v) is 5.52. The maximum Gasteiger partial charge on any atom is 0.349 e. The van der Waals surface area contributed by atoms with Crippen LogP contribution in [0.25, 0.3) is 16.3 Å². The molecule has 0 spiro atoms. The van der Waals surface area contributed by atoms with Gasteiger partial charge in [-0.1, -0.05) is 42.5 Å². The molecule has 0 saturated carbocycles. The number of hydrogen-bond acceptors (Lipinski definition) is 2. The highest BCUT2D eigenvalue weighted by atomic mass is 35.5. The molecule has 0 heterocycles. The van der Waals surface area contributed by atoms with Gasteiger partial charge in [0.2, 0.25) is 0 Å². The Hall–Kier alpha value is -1.80. The molecular weight excluding hydrogens is 236 g/mol. The lowest BCUT2D eigenvalue weighted by Gasteiger charge is -2.06. The smallest absolute Gasteiger partial charge is 0.344 e. The SMILES string of the molecule is C/C(=C\C(=O)OCl)c1cccc2ccccc12. The standard InChI is InChI=1S/C14H11ClO2/c1-10(9-14(16)17-15)12-8-4-6-11-5-2-3-7-13(11)12/h2-9H,1H3/b10-9+. The fourth-order valence-corrected chi connectivity index (χ4v) is 1.89. The molecule has 0 fully saturated rings. The van der Waals surface area contributed by atoms with Gasteiger partial charge >= 0.3 is 5.97 Å². The highest BCUT2D eigenvalue weighted by Gasteiger charge is 2.04. The number of halogens is 1. The number of hydrogen-bond donors (Lipinski definition) is 0. The van der Waals surface area contributed by atoms with Crippen LogP contribution in [0.3, 0.4) is 0 Å². The fourth-order valence-electron chi connectivity index (χ4n) is 1.85. The Bertz CT molecular complexity index is 582. The summed E-state index contributed by atoms with van der Waals surface area (Å²) in [5.41, 5.74) is 1.83. The fraction of sp³-hybridized carbons (Fsp3) is 0.0714. The summed E-state index contributed by atoms with van der Waals surface area (Å²) in [7, 11) is 0. The average molecular weight is 247 g/mol. The second-order valence-electron chi connectivity index (χ2n) is 3.75. The van der Waals surface area contributed by atoms with Crippen molar-refractivity contribution in [1.29, 1.82) is 0 Å². The molecule has 2 aromatic rings. The normalized spacial score (nSPS) is 11.5. The molecule has 17 heavy (non-hydrogen) atoms. The van der Waals surface area contributed by atoms with Gasteiger partial charge in [0.1, 0.15) is 11.9 Å². The Morgan fingerprint density at radius 3 is 2.65 bits per heavy atom. The van der Waals surface area contributed by atoms with E-state index in [9.17, 15) is 4.79 Å². The van der Waals surface area contributed by atoms with Crippen molar-refractivity contribution in [2.75, 3.05) is 0 Å². The van der Waals surface area contributed by atoms with E-state index in [-0.39, 0.29) is 0 Å². The van der Waals surface area contributed by atoms with E-state index in [2.05, 4.69) is 4.29 Å². The number of allylic oxidation sites excluding steroid dienone is 1. The monoisotopic (exact) mass is 246 g/mol. The van der Waals surface area contributed by atoms with Crippen LogP contribution in [0.1, 0.15) is 12.5 Å². The molecule has 0 aliphatic rings. The molecule has 0 aromatic heterocycles. The summed E-state index contributed by atoms with van der Waals surface area (Å²) in [6, 6.07) is 14.0. The van der Waals surface area contributed by atoms with E-state index >= 15 is 0 Å². The third kappa shape index (κ3) is 2.48. The van der Waals surface area contributed by atoms with Crippen molar-refractivity contribution >= 4 is 34.2 Å². The Kier molecular flexibility index (Phi) is 3.45.